The highest BCUT2D eigenvalue weighted by molar-refractivity contribution is 5.85. The molecule has 2 aliphatic rings. The van der Waals surface area contributed by atoms with Gasteiger partial charge in [-0.15, -0.1) is 12.4 Å². The van der Waals surface area contributed by atoms with E-state index in [9.17, 15) is 4.79 Å². The highest BCUT2D eigenvalue weighted by Gasteiger charge is 2.46. The fraction of sp³-hybridized carbons (Fsp3) is 0.857. The van der Waals surface area contributed by atoms with E-state index < -0.39 is 0 Å². The second-order valence-corrected chi connectivity index (χ2v) is 3.26. The van der Waals surface area contributed by atoms with Gasteiger partial charge in [-0.25, -0.2) is 4.79 Å². The summed E-state index contributed by atoms with van der Waals surface area (Å²) in [5.74, 6) is 0. The average molecular weight is 193 g/mol. The molecule has 0 radical (unpaired) electrons. The normalized spacial score (nSPS) is 33.8. The standard InChI is InChI=1S/C7H12N2O2.ClH/c1-9-6(10)11-5-7(9)2-3-8-4-7;/h8H,2-5H2,1H3;1H. The molecule has 2 heterocycles. The van der Waals surface area contributed by atoms with Gasteiger partial charge in [0.2, 0.25) is 0 Å². The van der Waals surface area contributed by atoms with Crippen LogP contribution in [0.1, 0.15) is 6.42 Å². The van der Waals surface area contributed by atoms with Crippen LogP contribution in [0.2, 0.25) is 0 Å². The second-order valence-electron chi connectivity index (χ2n) is 3.26. The first-order chi connectivity index (χ1) is 5.25. The zero-order valence-electron chi connectivity index (χ0n) is 7.00. The molecular weight excluding hydrogens is 180 g/mol. The minimum Gasteiger partial charge on any atom is -0.447 e. The van der Waals surface area contributed by atoms with Gasteiger partial charge < -0.3 is 15.0 Å². The molecule has 4 nitrogen and oxygen atoms in total. The summed E-state index contributed by atoms with van der Waals surface area (Å²) in [6.07, 6.45) is 0.823. The van der Waals surface area contributed by atoms with Crippen LogP contribution >= 0.6 is 12.4 Å². The van der Waals surface area contributed by atoms with Crippen LogP contribution in [-0.2, 0) is 4.74 Å². The monoisotopic (exact) mass is 192 g/mol. The molecule has 1 unspecified atom stereocenters. The van der Waals surface area contributed by atoms with Crippen molar-refractivity contribution in [1.82, 2.24) is 10.2 Å². The van der Waals surface area contributed by atoms with Crippen LogP contribution in [0.3, 0.4) is 0 Å². The van der Waals surface area contributed by atoms with E-state index >= 15 is 0 Å². The van der Waals surface area contributed by atoms with Gasteiger partial charge in [0.05, 0.1) is 5.54 Å². The molecule has 12 heavy (non-hydrogen) atoms. The van der Waals surface area contributed by atoms with Gasteiger partial charge in [-0.2, -0.15) is 0 Å². The first-order valence-corrected chi connectivity index (χ1v) is 3.86. The van der Waals surface area contributed by atoms with E-state index in [1.54, 1.807) is 4.90 Å². The number of cyclic esters (lactones) is 1. The van der Waals surface area contributed by atoms with Crippen LogP contribution in [0.25, 0.3) is 0 Å². The van der Waals surface area contributed by atoms with E-state index in [2.05, 4.69) is 5.32 Å². The first-order valence-electron chi connectivity index (χ1n) is 3.86. The maximum atomic E-state index is 11.0. The van der Waals surface area contributed by atoms with Crippen molar-refractivity contribution in [3.05, 3.63) is 0 Å². The van der Waals surface area contributed by atoms with Crippen molar-refractivity contribution in [2.45, 2.75) is 12.0 Å². The van der Waals surface area contributed by atoms with Crippen molar-refractivity contribution in [3.63, 3.8) is 0 Å². The van der Waals surface area contributed by atoms with Gasteiger partial charge in [0, 0.05) is 13.6 Å². The van der Waals surface area contributed by atoms with Crippen molar-refractivity contribution < 1.29 is 9.53 Å². The van der Waals surface area contributed by atoms with Crippen LogP contribution in [0, 0.1) is 0 Å². The Hall–Kier alpha value is -0.480. The lowest BCUT2D eigenvalue weighted by Gasteiger charge is -2.26. The molecule has 0 saturated carbocycles. The van der Waals surface area contributed by atoms with E-state index in [1.807, 2.05) is 7.05 Å². The fourth-order valence-corrected chi connectivity index (χ4v) is 1.72. The highest BCUT2D eigenvalue weighted by atomic mass is 35.5. The molecule has 0 aromatic heterocycles. The van der Waals surface area contributed by atoms with Gasteiger partial charge in [-0.05, 0) is 13.0 Å². The Morgan fingerprint density at radius 2 is 2.42 bits per heavy atom. The first kappa shape index (κ1) is 9.61. The molecule has 1 spiro atoms. The number of rotatable bonds is 0. The maximum Gasteiger partial charge on any atom is 0.410 e. The lowest BCUT2D eigenvalue weighted by atomic mass is 10.00. The zero-order valence-corrected chi connectivity index (χ0v) is 7.82. The molecular formula is C7H13ClN2O2. The van der Waals surface area contributed by atoms with Crippen molar-refractivity contribution in [1.29, 1.82) is 0 Å². The Kier molecular flexibility index (Phi) is 2.49. The van der Waals surface area contributed by atoms with Gasteiger partial charge in [-0.3, -0.25) is 0 Å². The van der Waals surface area contributed by atoms with Gasteiger partial charge >= 0.3 is 6.09 Å². The molecule has 2 rings (SSSR count). The van der Waals surface area contributed by atoms with Gasteiger partial charge in [0.25, 0.3) is 0 Å². The lowest BCUT2D eigenvalue weighted by Crippen LogP contribution is -2.46. The number of nitrogens with zero attached hydrogens (tertiary/aromatic N) is 1. The molecule has 0 aromatic carbocycles. The van der Waals surface area contributed by atoms with Crippen molar-refractivity contribution in [2.24, 2.45) is 0 Å². The number of nitrogens with one attached hydrogen (secondary N) is 1. The Bertz CT molecular complexity index is 192. The molecule has 1 atom stereocenters. The predicted molar refractivity (Wildman–Crippen MR) is 46.6 cm³/mol. The minimum atomic E-state index is -0.186. The van der Waals surface area contributed by atoms with E-state index in [4.69, 9.17) is 4.74 Å². The van der Waals surface area contributed by atoms with E-state index in [0.29, 0.717) is 6.61 Å². The maximum absolute atomic E-state index is 11.0. The molecule has 2 saturated heterocycles. The number of ether oxygens (including phenoxy) is 1. The molecule has 1 amide bonds. The molecule has 70 valence electrons. The minimum absolute atomic E-state index is 0. The zero-order chi connectivity index (χ0) is 7.90. The molecule has 1 N–H and O–H groups in total. The van der Waals surface area contributed by atoms with Crippen LogP contribution in [-0.4, -0.2) is 43.3 Å². The highest BCUT2D eigenvalue weighted by Crippen LogP contribution is 2.28. The quantitative estimate of drug-likeness (QED) is 0.597. The fourth-order valence-electron chi connectivity index (χ4n) is 1.72. The number of halogens is 1. The van der Waals surface area contributed by atoms with Gasteiger partial charge in [0.15, 0.2) is 0 Å². The summed E-state index contributed by atoms with van der Waals surface area (Å²) in [7, 11) is 1.81. The van der Waals surface area contributed by atoms with Crippen molar-refractivity contribution in [2.75, 3.05) is 26.7 Å². The molecule has 0 aromatic rings. The summed E-state index contributed by atoms with van der Waals surface area (Å²) in [4.78, 5) is 12.7. The lowest BCUT2D eigenvalue weighted by molar-refractivity contribution is 0.162. The van der Waals surface area contributed by atoms with Gasteiger partial charge in [-0.1, -0.05) is 0 Å². The average Bonchev–Trinajstić information content (AvgIpc) is 2.56. The Morgan fingerprint density at radius 3 is 2.83 bits per heavy atom. The van der Waals surface area contributed by atoms with Crippen molar-refractivity contribution in [3.8, 4) is 0 Å². The Morgan fingerprint density at radius 1 is 1.67 bits per heavy atom. The summed E-state index contributed by atoms with van der Waals surface area (Å²) >= 11 is 0. The van der Waals surface area contributed by atoms with E-state index in [1.165, 1.54) is 0 Å². The Labute approximate surface area is 77.7 Å². The summed E-state index contributed by atoms with van der Waals surface area (Å²) in [5.41, 5.74) is -0.0307. The second kappa shape index (κ2) is 3.11. The number of hydrogen-bond acceptors (Lipinski definition) is 3. The third kappa shape index (κ3) is 1.15. The smallest absolute Gasteiger partial charge is 0.410 e. The summed E-state index contributed by atoms with van der Waals surface area (Å²) in [5, 5.41) is 3.23. The van der Waals surface area contributed by atoms with E-state index in [-0.39, 0.29) is 24.0 Å². The molecule has 2 fully saturated rings. The SMILES string of the molecule is CN1C(=O)OCC12CCNC2.Cl. The summed E-state index contributed by atoms with van der Waals surface area (Å²) < 4.78 is 4.95. The van der Waals surface area contributed by atoms with Crippen molar-refractivity contribution >= 4 is 18.5 Å². The topological polar surface area (TPSA) is 41.6 Å². The third-order valence-electron chi connectivity index (χ3n) is 2.67. The molecule has 5 heteroatoms. The molecule has 0 aliphatic carbocycles. The largest absolute Gasteiger partial charge is 0.447 e. The van der Waals surface area contributed by atoms with Crippen LogP contribution in [0.4, 0.5) is 4.79 Å². The third-order valence-corrected chi connectivity index (χ3v) is 2.67. The number of carbonyl (C=O) groups is 1. The Balaban J connectivity index is 0.000000720. The predicted octanol–water partition coefficient (Wildman–Crippen LogP) is 0.222. The number of amides is 1. The van der Waals surface area contributed by atoms with E-state index in [0.717, 1.165) is 19.5 Å². The van der Waals surface area contributed by atoms with Crippen LogP contribution in [0.5, 0.6) is 0 Å². The summed E-state index contributed by atoms with van der Waals surface area (Å²) in [6.45, 7) is 2.41. The summed E-state index contributed by atoms with van der Waals surface area (Å²) in [6, 6.07) is 0. The number of likely N-dealkylation sites (N-methyl/N-ethyl adjacent to an activating group) is 1. The van der Waals surface area contributed by atoms with Crippen LogP contribution < -0.4 is 5.32 Å². The van der Waals surface area contributed by atoms with Crippen LogP contribution in [0.15, 0.2) is 0 Å². The molecule has 2 aliphatic heterocycles. The molecule has 0 bridgehead atoms. The number of hydrogen-bond donors (Lipinski definition) is 1. The van der Waals surface area contributed by atoms with Gasteiger partial charge in [0.1, 0.15) is 6.61 Å². The number of carbonyl (C=O) groups excluding carboxylic acids is 1.